The summed E-state index contributed by atoms with van der Waals surface area (Å²) in [5, 5.41) is 8.45. The summed E-state index contributed by atoms with van der Waals surface area (Å²) in [7, 11) is -1.18. The Morgan fingerprint density at radius 2 is 1.62 bits per heavy atom. The molecule has 0 saturated carbocycles. The molecule has 0 aliphatic rings. The lowest BCUT2D eigenvalue weighted by molar-refractivity contribution is -0.137. The van der Waals surface area contributed by atoms with Gasteiger partial charge < -0.3 is 5.11 Å². The lowest BCUT2D eigenvalue weighted by Crippen LogP contribution is -2.16. The fraction of sp³-hybridized carbons (Fsp3) is 0.769. The summed E-state index contributed by atoms with van der Waals surface area (Å²) >= 11 is 0. The van der Waals surface area contributed by atoms with Crippen LogP contribution >= 0.6 is 0 Å². The van der Waals surface area contributed by atoms with Crippen molar-refractivity contribution < 1.29 is 9.90 Å². The van der Waals surface area contributed by atoms with Gasteiger partial charge in [0.2, 0.25) is 0 Å². The number of hydrogen-bond donors (Lipinski definition) is 1. The molecule has 0 aliphatic heterocycles. The predicted molar refractivity (Wildman–Crippen MR) is 71.1 cm³/mol. The van der Waals surface area contributed by atoms with Crippen LogP contribution in [0.3, 0.4) is 0 Å². The first kappa shape index (κ1) is 15.2. The first-order valence-corrected chi connectivity index (χ1v) is 9.63. The molecule has 0 heterocycles. The first-order chi connectivity index (χ1) is 7.42. The van der Waals surface area contributed by atoms with Gasteiger partial charge in [-0.2, -0.15) is 0 Å². The van der Waals surface area contributed by atoms with Crippen molar-refractivity contribution in [2.24, 2.45) is 0 Å². The van der Waals surface area contributed by atoms with E-state index in [0.717, 1.165) is 32.1 Å². The van der Waals surface area contributed by atoms with Crippen molar-refractivity contribution in [1.29, 1.82) is 0 Å². The minimum atomic E-state index is -1.18. The molecule has 0 amide bonds. The maximum Gasteiger partial charge on any atom is 0.303 e. The van der Waals surface area contributed by atoms with Crippen LogP contribution < -0.4 is 0 Å². The van der Waals surface area contributed by atoms with E-state index in [9.17, 15) is 4.79 Å². The van der Waals surface area contributed by atoms with Gasteiger partial charge in [-0.3, -0.25) is 4.79 Å². The molecule has 2 nitrogen and oxygen atoms in total. The van der Waals surface area contributed by atoms with Crippen LogP contribution in [-0.4, -0.2) is 19.1 Å². The summed E-state index contributed by atoms with van der Waals surface area (Å²) in [6.07, 6.45) is 6.65. The van der Waals surface area contributed by atoms with Crippen molar-refractivity contribution in [2.45, 2.75) is 64.6 Å². The Kier molecular flexibility index (Phi) is 8.01. The van der Waals surface area contributed by atoms with E-state index in [1.165, 1.54) is 6.42 Å². The standard InChI is InChI=1S/C13H24O2Si/c1-16(2,3)12-10-8-6-4-5-7-9-11-13(14)15/h4-9,11H2,1-3H3,(H,14,15). The van der Waals surface area contributed by atoms with Crippen molar-refractivity contribution in [3.05, 3.63) is 0 Å². The number of rotatable bonds is 7. The predicted octanol–water partition coefficient (Wildman–Crippen LogP) is 3.68. The Balaban J connectivity index is 3.27. The van der Waals surface area contributed by atoms with Gasteiger partial charge in [-0.25, -0.2) is 0 Å². The van der Waals surface area contributed by atoms with E-state index in [1.807, 2.05) is 0 Å². The Bertz CT molecular complexity index is 255. The fourth-order valence-electron chi connectivity index (χ4n) is 1.35. The van der Waals surface area contributed by atoms with Crippen LogP contribution in [0.5, 0.6) is 0 Å². The number of aliphatic carboxylic acids is 1. The van der Waals surface area contributed by atoms with Crippen LogP contribution in [0.15, 0.2) is 0 Å². The summed E-state index contributed by atoms with van der Waals surface area (Å²) in [4.78, 5) is 10.3. The molecule has 0 fully saturated rings. The highest BCUT2D eigenvalue weighted by atomic mass is 28.3. The summed E-state index contributed by atoms with van der Waals surface area (Å²) < 4.78 is 0. The Morgan fingerprint density at radius 1 is 1.06 bits per heavy atom. The van der Waals surface area contributed by atoms with Crippen molar-refractivity contribution >= 4 is 14.0 Å². The van der Waals surface area contributed by atoms with E-state index in [0.29, 0.717) is 6.42 Å². The summed E-state index contributed by atoms with van der Waals surface area (Å²) in [6, 6.07) is 0. The highest BCUT2D eigenvalue weighted by molar-refractivity contribution is 6.83. The molecule has 0 aliphatic carbocycles. The second-order valence-corrected chi connectivity index (χ2v) is 9.96. The van der Waals surface area contributed by atoms with Crippen LogP contribution in [0, 0.1) is 11.5 Å². The number of hydrogen-bond acceptors (Lipinski definition) is 1. The maximum absolute atomic E-state index is 10.3. The molecule has 0 rings (SSSR count). The number of carboxylic acids is 1. The minimum Gasteiger partial charge on any atom is -0.481 e. The van der Waals surface area contributed by atoms with Crippen molar-refractivity contribution in [1.82, 2.24) is 0 Å². The zero-order chi connectivity index (χ0) is 12.4. The van der Waals surface area contributed by atoms with Gasteiger partial charge in [0.15, 0.2) is 0 Å². The molecule has 0 radical (unpaired) electrons. The third-order valence-corrected chi connectivity index (χ3v) is 3.08. The third-order valence-electron chi connectivity index (χ3n) is 2.16. The largest absolute Gasteiger partial charge is 0.481 e. The van der Waals surface area contributed by atoms with Crippen molar-refractivity contribution in [3.63, 3.8) is 0 Å². The molecule has 0 unspecified atom stereocenters. The molecular formula is C13H24O2Si. The first-order valence-electron chi connectivity index (χ1n) is 6.13. The second kappa shape index (κ2) is 8.40. The molecule has 16 heavy (non-hydrogen) atoms. The van der Waals surface area contributed by atoms with E-state index in [1.54, 1.807) is 0 Å². The van der Waals surface area contributed by atoms with Gasteiger partial charge in [0, 0.05) is 12.8 Å². The molecule has 0 spiro atoms. The van der Waals surface area contributed by atoms with Gasteiger partial charge in [0.1, 0.15) is 8.07 Å². The second-order valence-electron chi connectivity index (χ2n) is 5.21. The molecule has 0 bridgehead atoms. The Hall–Kier alpha value is -0.753. The lowest BCUT2D eigenvalue weighted by atomic mass is 10.1. The van der Waals surface area contributed by atoms with Gasteiger partial charge in [-0.1, -0.05) is 38.9 Å². The fourth-order valence-corrected chi connectivity index (χ4v) is 2.00. The van der Waals surface area contributed by atoms with E-state index >= 15 is 0 Å². The van der Waals surface area contributed by atoms with Crippen molar-refractivity contribution in [2.75, 3.05) is 0 Å². The molecule has 0 aromatic rings. The number of carbonyl (C=O) groups is 1. The monoisotopic (exact) mass is 240 g/mol. The minimum absolute atomic E-state index is 0.315. The highest BCUT2D eigenvalue weighted by Gasteiger charge is 2.06. The van der Waals surface area contributed by atoms with Crippen LogP contribution in [0.25, 0.3) is 0 Å². The van der Waals surface area contributed by atoms with E-state index in [4.69, 9.17) is 5.11 Å². The zero-order valence-electron chi connectivity index (χ0n) is 10.8. The van der Waals surface area contributed by atoms with Gasteiger partial charge >= 0.3 is 5.97 Å². The van der Waals surface area contributed by atoms with Crippen LogP contribution in [0.1, 0.15) is 44.9 Å². The summed E-state index contributed by atoms with van der Waals surface area (Å²) in [5.41, 5.74) is 3.35. The Labute approximate surface area is 100 Å². The van der Waals surface area contributed by atoms with Crippen LogP contribution in [-0.2, 0) is 4.79 Å². The molecule has 0 aromatic heterocycles. The number of carboxylic acid groups (broad SMARTS) is 1. The molecule has 3 heteroatoms. The van der Waals surface area contributed by atoms with Gasteiger partial charge in [-0.05, 0) is 12.8 Å². The van der Waals surface area contributed by atoms with E-state index < -0.39 is 14.0 Å². The normalized spacial score (nSPS) is 10.7. The van der Waals surface area contributed by atoms with Gasteiger partial charge in [-0.15, -0.1) is 11.5 Å². The zero-order valence-corrected chi connectivity index (χ0v) is 11.8. The van der Waals surface area contributed by atoms with Gasteiger partial charge in [0.25, 0.3) is 0 Å². The van der Waals surface area contributed by atoms with Crippen LogP contribution in [0.2, 0.25) is 19.6 Å². The van der Waals surface area contributed by atoms with E-state index in [2.05, 4.69) is 31.1 Å². The maximum atomic E-state index is 10.3. The average Bonchev–Trinajstić information content (AvgIpc) is 2.13. The molecule has 0 aromatic carbocycles. The highest BCUT2D eigenvalue weighted by Crippen LogP contribution is 2.07. The molecule has 92 valence electrons. The SMILES string of the molecule is C[Si](C)(C)C#CCCCCCCCC(=O)O. The Morgan fingerprint density at radius 3 is 2.19 bits per heavy atom. The smallest absolute Gasteiger partial charge is 0.303 e. The quantitative estimate of drug-likeness (QED) is 0.419. The third kappa shape index (κ3) is 13.2. The van der Waals surface area contributed by atoms with Crippen molar-refractivity contribution in [3.8, 4) is 11.5 Å². The topological polar surface area (TPSA) is 37.3 Å². The summed E-state index contributed by atoms with van der Waals surface area (Å²) in [5.74, 6) is 2.57. The van der Waals surface area contributed by atoms with E-state index in [-0.39, 0.29) is 0 Å². The average molecular weight is 240 g/mol. The summed E-state index contributed by atoms with van der Waals surface area (Å²) in [6.45, 7) is 6.77. The van der Waals surface area contributed by atoms with Crippen LogP contribution in [0.4, 0.5) is 0 Å². The molecule has 1 N–H and O–H groups in total. The number of unbranched alkanes of at least 4 members (excludes halogenated alkanes) is 5. The lowest BCUT2D eigenvalue weighted by Gasteiger charge is -2.03. The van der Waals surface area contributed by atoms with Gasteiger partial charge in [0.05, 0.1) is 0 Å². The molecule has 0 atom stereocenters. The molecule has 0 saturated heterocycles. The molecular weight excluding hydrogens is 216 g/mol.